The normalized spacial score (nSPS) is 12.9. The van der Waals surface area contributed by atoms with Crippen molar-refractivity contribution in [2.75, 3.05) is 0 Å². The van der Waals surface area contributed by atoms with E-state index in [1.807, 2.05) is 0 Å². The zero-order valence-electron chi connectivity index (χ0n) is 11.8. The van der Waals surface area contributed by atoms with Gasteiger partial charge in [0.1, 0.15) is 10.7 Å². The molecule has 2 aromatic rings. The van der Waals surface area contributed by atoms with E-state index in [9.17, 15) is 13.2 Å². The highest BCUT2D eigenvalue weighted by Gasteiger charge is 2.12. The lowest BCUT2D eigenvalue weighted by Gasteiger charge is -2.05. The van der Waals surface area contributed by atoms with Crippen LogP contribution in [0.1, 0.15) is 34.0 Å². The molecule has 0 aliphatic carbocycles. The van der Waals surface area contributed by atoms with Crippen molar-refractivity contribution in [3.05, 3.63) is 45.9 Å². The van der Waals surface area contributed by atoms with E-state index in [1.54, 1.807) is 24.4 Å². The number of sulfonamides is 1. The lowest BCUT2D eigenvalue weighted by Crippen LogP contribution is -2.23. The number of nitrogens with one attached hydrogen (secondary N) is 1. The molecule has 7 nitrogen and oxygen atoms in total. The van der Waals surface area contributed by atoms with Gasteiger partial charge in [-0.15, -0.1) is 11.3 Å². The third kappa shape index (κ3) is 4.10. The molecule has 1 heterocycles. The van der Waals surface area contributed by atoms with E-state index in [2.05, 4.69) is 10.3 Å². The number of rotatable bonds is 5. The van der Waals surface area contributed by atoms with Gasteiger partial charge in [-0.25, -0.2) is 18.5 Å². The van der Waals surface area contributed by atoms with Crippen molar-refractivity contribution in [2.24, 2.45) is 10.9 Å². The Bertz CT molecular complexity index is 767. The largest absolute Gasteiger partial charge is 0.347 e. The molecule has 118 valence electrons. The van der Waals surface area contributed by atoms with Gasteiger partial charge < -0.3 is 11.1 Å². The Balaban J connectivity index is 1.98. The molecular formula is C13H16N4O3S2. The minimum atomic E-state index is -3.71. The number of amides is 1. The topological polar surface area (TPSA) is 128 Å². The average Bonchev–Trinajstić information content (AvgIpc) is 2.94. The lowest BCUT2D eigenvalue weighted by atomic mass is 10.2. The Hall–Kier alpha value is -1.81. The molecule has 0 aliphatic heterocycles. The first-order valence-corrected chi connectivity index (χ1v) is 8.81. The van der Waals surface area contributed by atoms with Crippen LogP contribution < -0.4 is 16.2 Å². The predicted octanol–water partition coefficient (Wildman–Crippen LogP) is 0.740. The fraction of sp³-hybridized carbons (Fsp3) is 0.231. The maximum absolute atomic E-state index is 12.0. The summed E-state index contributed by atoms with van der Waals surface area (Å²) in [6, 6.07) is 5.77. The Labute approximate surface area is 132 Å². The number of nitrogens with two attached hydrogens (primary N) is 2. The number of hydrogen-bond donors (Lipinski definition) is 3. The summed E-state index contributed by atoms with van der Waals surface area (Å²) in [5.41, 5.74) is 6.77. The molecular weight excluding hydrogens is 324 g/mol. The van der Waals surface area contributed by atoms with Gasteiger partial charge in [0.05, 0.1) is 10.9 Å². The molecule has 0 spiro atoms. The Morgan fingerprint density at radius 1 is 1.36 bits per heavy atom. The van der Waals surface area contributed by atoms with E-state index in [-0.39, 0.29) is 23.4 Å². The van der Waals surface area contributed by atoms with Crippen molar-refractivity contribution in [1.29, 1.82) is 0 Å². The highest BCUT2D eigenvalue weighted by molar-refractivity contribution is 7.89. The number of carbonyl (C=O) groups excluding carboxylic acids is 1. The van der Waals surface area contributed by atoms with Crippen molar-refractivity contribution in [2.45, 2.75) is 24.4 Å². The van der Waals surface area contributed by atoms with E-state index in [4.69, 9.17) is 10.9 Å². The van der Waals surface area contributed by atoms with Gasteiger partial charge >= 0.3 is 0 Å². The molecule has 1 aromatic carbocycles. The molecule has 1 atom stereocenters. The Morgan fingerprint density at radius 3 is 2.50 bits per heavy atom. The molecule has 0 saturated carbocycles. The summed E-state index contributed by atoms with van der Waals surface area (Å²) in [5.74, 6) is -0.307. The number of carbonyl (C=O) groups is 1. The van der Waals surface area contributed by atoms with Crippen LogP contribution in [-0.2, 0) is 16.6 Å². The van der Waals surface area contributed by atoms with Crippen LogP contribution in [0.2, 0.25) is 0 Å². The third-order valence-corrected chi connectivity index (χ3v) is 4.82. The number of hydrogen-bond acceptors (Lipinski definition) is 6. The Morgan fingerprint density at radius 2 is 2.00 bits per heavy atom. The van der Waals surface area contributed by atoms with E-state index >= 15 is 0 Å². The minimum absolute atomic E-state index is 0.0312. The highest BCUT2D eigenvalue weighted by Crippen LogP contribution is 2.16. The fourth-order valence-corrected chi connectivity index (χ4v) is 2.94. The van der Waals surface area contributed by atoms with Crippen molar-refractivity contribution < 1.29 is 13.2 Å². The zero-order valence-corrected chi connectivity index (χ0v) is 13.4. The Kier molecular flexibility index (Phi) is 4.91. The summed E-state index contributed by atoms with van der Waals surface area (Å²) >= 11 is 1.33. The number of primary sulfonamides is 1. The van der Waals surface area contributed by atoms with Gasteiger partial charge in [0.15, 0.2) is 0 Å². The van der Waals surface area contributed by atoms with E-state index < -0.39 is 10.0 Å². The first-order valence-electron chi connectivity index (χ1n) is 6.38. The molecule has 9 heteroatoms. The van der Waals surface area contributed by atoms with Crippen LogP contribution in [0.15, 0.2) is 34.5 Å². The zero-order chi connectivity index (χ0) is 16.3. The molecule has 0 fully saturated rings. The summed E-state index contributed by atoms with van der Waals surface area (Å²) in [6.45, 7) is 2.06. The van der Waals surface area contributed by atoms with E-state index in [1.165, 1.54) is 23.5 Å². The van der Waals surface area contributed by atoms with Crippen LogP contribution in [0, 0.1) is 0 Å². The van der Waals surface area contributed by atoms with Crippen molar-refractivity contribution >= 4 is 27.3 Å². The maximum Gasteiger partial charge on any atom is 0.271 e. The lowest BCUT2D eigenvalue weighted by molar-refractivity contribution is 0.0946. The summed E-state index contributed by atoms with van der Waals surface area (Å²) in [7, 11) is -3.71. The second-order valence-electron chi connectivity index (χ2n) is 4.73. The first kappa shape index (κ1) is 16.6. The van der Waals surface area contributed by atoms with Gasteiger partial charge in [0.2, 0.25) is 10.0 Å². The van der Waals surface area contributed by atoms with Crippen LogP contribution in [0.25, 0.3) is 0 Å². The van der Waals surface area contributed by atoms with Crippen LogP contribution in [-0.4, -0.2) is 19.3 Å². The number of aromatic nitrogens is 1. The first-order chi connectivity index (χ1) is 10.3. The van der Waals surface area contributed by atoms with Gasteiger partial charge in [-0.2, -0.15) is 0 Å². The maximum atomic E-state index is 12.0. The molecule has 5 N–H and O–H groups in total. The smallest absolute Gasteiger partial charge is 0.271 e. The average molecular weight is 340 g/mol. The summed E-state index contributed by atoms with van der Waals surface area (Å²) < 4.78 is 22.3. The number of benzene rings is 1. The number of nitrogens with zero attached hydrogens (tertiary/aromatic N) is 1. The van der Waals surface area contributed by atoms with Crippen LogP contribution in [0.3, 0.4) is 0 Å². The molecule has 0 bridgehead atoms. The van der Waals surface area contributed by atoms with E-state index in [0.29, 0.717) is 10.7 Å². The van der Waals surface area contributed by atoms with Gasteiger partial charge in [0.25, 0.3) is 5.91 Å². The third-order valence-electron chi connectivity index (χ3n) is 2.85. The second-order valence-corrected chi connectivity index (χ2v) is 7.18. The van der Waals surface area contributed by atoms with Crippen LogP contribution in [0.4, 0.5) is 0 Å². The molecule has 0 aliphatic rings. The molecule has 1 amide bonds. The monoisotopic (exact) mass is 340 g/mol. The summed E-state index contributed by atoms with van der Waals surface area (Å²) in [5, 5.41) is 10.1. The molecule has 0 radical (unpaired) electrons. The summed E-state index contributed by atoms with van der Waals surface area (Å²) in [4.78, 5) is 16.1. The molecule has 1 aromatic heterocycles. The van der Waals surface area contributed by atoms with Gasteiger partial charge in [0, 0.05) is 11.9 Å². The molecule has 1 unspecified atom stereocenters. The van der Waals surface area contributed by atoms with E-state index in [0.717, 1.165) is 5.56 Å². The summed E-state index contributed by atoms with van der Waals surface area (Å²) in [6.07, 6.45) is 0. The molecule has 2 rings (SSSR count). The predicted molar refractivity (Wildman–Crippen MR) is 83.7 cm³/mol. The van der Waals surface area contributed by atoms with Gasteiger partial charge in [-0.1, -0.05) is 12.1 Å². The van der Waals surface area contributed by atoms with Gasteiger partial charge in [-0.3, -0.25) is 4.79 Å². The second kappa shape index (κ2) is 6.53. The van der Waals surface area contributed by atoms with Crippen LogP contribution >= 0.6 is 11.3 Å². The minimum Gasteiger partial charge on any atom is -0.347 e. The van der Waals surface area contributed by atoms with Crippen molar-refractivity contribution in [3.8, 4) is 0 Å². The molecule has 22 heavy (non-hydrogen) atoms. The molecule has 0 saturated heterocycles. The SMILES string of the molecule is CC(N)c1nc(C(=O)NCc2ccc(S(N)(=O)=O)cc2)cs1. The van der Waals surface area contributed by atoms with Gasteiger partial charge in [-0.05, 0) is 24.6 Å². The number of thiazole rings is 1. The van der Waals surface area contributed by atoms with Crippen molar-refractivity contribution in [1.82, 2.24) is 10.3 Å². The standard InChI is InChI=1S/C13H16N4O3S2/c1-8(14)13-17-11(7-21-13)12(18)16-6-9-2-4-10(5-3-9)22(15,19)20/h2-5,7-8H,6,14H2,1H3,(H,16,18)(H2,15,19,20). The quantitative estimate of drug-likeness (QED) is 0.739. The fourth-order valence-electron chi connectivity index (χ4n) is 1.67. The van der Waals surface area contributed by atoms with Crippen LogP contribution in [0.5, 0.6) is 0 Å². The van der Waals surface area contributed by atoms with Crippen molar-refractivity contribution in [3.63, 3.8) is 0 Å². The highest BCUT2D eigenvalue weighted by atomic mass is 32.2.